The molecule has 5 rings (SSSR count). The number of rotatable bonds is 2. The van der Waals surface area contributed by atoms with Gasteiger partial charge in [-0.05, 0) is 62.3 Å². The summed E-state index contributed by atoms with van der Waals surface area (Å²) in [6, 6.07) is 1.56. The molecule has 0 unspecified atom stereocenters. The lowest BCUT2D eigenvalue weighted by molar-refractivity contribution is -0.0167. The lowest BCUT2D eigenvalue weighted by atomic mass is 9.53. The maximum atomic E-state index is 12.6. The van der Waals surface area contributed by atoms with Crippen LogP contribution < -0.4 is 5.32 Å². The minimum atomic E-state index is -0.105. The molecule has 0 saturated heterocycles. The number of amides is 1. The molecule has 4 aliphatic carbocycles. The van der Waals surface area contributed by atoms with Crippen LogP contribution in [0, 0.1) is 17.8 Å². The van der Waals surface area contributed by atoms with Gasteiger partial charge in [-0.25, -0.2) is 4.98 Å². The highest BCUT2D eigenvalue weighted by atomic mass is 35.5. The highest BCUT2D eigenvalue weighted by Crippen LogP contribution is 2.55. The van der Waals surface area contributed by atoms with E-state index in [-0.39, 0.29) is 11.4 Å². The molecule has 3 nitrogen and oxygen atoms in total. The number of halogens is 2. The molecule has 1 aromatic rings. The fourth-order valence-electron chi connectivity index (χ4n) is 5.16. The lowest BCUT2D eigenvalue weighted by Gasteiger charge is -2.56. The molecule has 0 radical (unpaired) electrons. The van der Waals surface area contributed by atoms with Gasteiger partial charge >= 0.3 is 0 Å². The standard InChI is InChI=1S/C16H18Cl2N2O/c17-13-8-19-14(18)4-12(13)15(21)20-16-5-9-1-10(6-16)3-11(2-9)7-16/h4,8-11H,1-3,5-7H2,(H,20,21). The van der Waals surface area contributed by atoms with Crippen LogP contribution in [0.25, 0.3) is 0 Å². The number of pyridine rings is 1. The molecule has 0 aliphatic heterocycles. The van der Waals surface area contributed by atoms with E-state index in [2.05, 4.69) is 10.3 Å². The van der Waals surface area contributed by atoms with E-state index in [1.807, 2.05) is 0 Å². The monoisotopic (exact) mass is 324 g/mol. The van der Waals surface area contributed by atoms with Gasteiger partial charge in [0.15, 0.2) is 0 Å². The number of hydrogen-bond acceptors (Lipinski definition) is 2. The number of aromatic nitrogens is 1. The Morgan fingerprint density at radius 1 is 1.14 bits per heavy atom. The van der Waals surface area contributed by atoms with Crippen molar-refractivity contribution in [2.24, 2.45) is 17.8 Å². The molecular formula is C16H18Cl2N2O. The summed E-state index contributed by atoms with van der Waals surface area (Å²) in [4.78, 5) is 16.5. The van der Waals surface area contributed by atoms with Crippen molar-refractivity contribution in [3.8, 4) is 0 Å². The molecular weight excluding hydrogens is 307 g/mol. The molecule has 4 fully saturated rings. The third kappa shape index (κ3) is 2.44. The minimum Gasteiger partial charge on any atom is -0.347 e. The second-order valence-electron chi connectivity index (χ2n) is 7.14. The minimum absolute atomic E-state index is 0.00902. The van der Waals surface area contributed by atoms with Crippen LogP contribution in [-0.4, -0.2) is 16.4 Å². The molecule has 1 N–H and O–H groups in total. The molecule has 4 aliphatic rings. The maximum Gasteiger partial charge on any atom is 0.253 e. The quantitative estimate of drug-likeness (QED) is 0.832. The van der Waals surface area contributed by atoms with Crippen molar-refractivity contribution in [1.82, 2.24) is 10.3 Å². The first-order valence-electron chi connectivity index (χ1n) is 7.66. The van der Waals surface area contributed by atoms with Crippen LogP contribution in [0.15, 0.2) is 12.3 Å². The Hall–Kier alpha value is -0.800. The van der Waals surface area contributed by atoms with Crippen molar-refractivity contribution < 1.29 is 4.79 Å². The van der Waals surface area contributed by atoms with Crippen molar-refractivity contribution in [3.05, 3.63) is 28.0 Å². The largest absolute Gasteiger partial charge is 0.347 e. The van der Waals surface area contributed by atoms with Crippen molar-refractivity contribution in [2.75, 3.05) is 0 Å². The Bertz CT molecular complexity index is 567. The van der Waals surface area contributed by atoms with Crippen LogP contribution in [0.3, 0.4) is 0 Å². The van der Waals surface area contributed by atoms with E-state index < -0.39 is 0 Å². The van der Waals surface area contributed by atoms with E-state index in [9.17, 15) is 4.79 Å². The molecule has 4 saturated carbocycles. The molecule has 0 aromatic carbocycles. The molecule has 1 aromatic heterocycles. The second-order valence-corrected chi connectivity index (χ2v) is 7.93. The summed E-state index contributed by atoms with van der Waals surface area (Å²) < 4.78 is 0. The third-order valence-electron chi connectivity index (χ3n) is 5.48. The fraction of sp³-hybridized carbons (Fsp3) is 0.625. The highest BCUT2D eigenvalue weighted by Gasteiger charge is 2.51. The van der Waals surface area contributed by atoms with Crippen LogP contribution in [0.5, 0.6) is 0 Å². The smallest absolute Gasteiger partial charge is 0.253 e. The van der Waals surface area contributed by atoms with Crippen molar-refractivity contribution in [3.63, 3.8) is 0 Å². The van der Waals surface area contributed by atoms with Crippen molar-refractivity contribution in [1.29, 1.82) is 0 Å². The van der Waals surface area contributed by atoms with E-state index in [0.29, 0.717) is 15.7 Å². The topological polar surface area (TPSA) is 42.0 Å². The molecule has 1 amide bonds. The Labute approximate surface area is 134 Å². The van der Waals surface area contributed by atoms with Crippen LogP contribution in [0.1, 0.15) is 48.9 Å². The second kappa shape index (κ2) is 4.85. The number of nitrogens with zero attached hydrogens (tertiary/aromatic N) is 1. The third-order valence-corrected chi connectivity index (χ3v) is 5.99. The Kier molecular flexibility index (Phi) is 3.20. The predicted octanol–water partition coefficient (Wildman–Crippen LogP) is 4.09. The van der Waals surface area contributed by atoms with Crippen LogP contribution in [-0.2, 0) is 0 Å². The van der Waals surface area contributed by atoms with Gasteiger partial charge in [-0.1, -0.05) is 23.2 Å². The van der Waals surface area contributed by atoms with Crippen LogP contribution in [0.4, 0.5) is 0 Å². The highest BCUT2D eigenvalue weighted by molar-refractivity contribution is 6.35. The molecule has 112 valence electrons. The summed E-state index contributed by atoms with van der Waals surface area (Å²) in [5.74, 6) is 2.29. The Morgan fingerprint density at radius 3 is 2.29 bits per heavy atom. The predicted molar refractivity (Wildman–Crippen MR) is 82.6 cm³/mol. The van der Waals surface area contributed by atoms with E-state index in [1.165, 1.54) is 25.5 Å². The summed E-state index contributed by atoms with van der Waals surface area (Å²) in [5.41, 5.74) is 0.428. The summed E-state index contributed by atoms with van der Waals surface area (Å²) in [5, 5.41) is 3.96. The van der Waals surface area contributed by atoms with Gasteiger partial charge in [0.1, 0.15) is 5.15 Å². The zero-order valence-corrected chi connectivity index (χ0v) is 13.3. The summed E-state index contributed by atoms with van der Waals surface area (Å²) in [6.45, 7) is 0. The molecule has 5 heteroatoms. The van der Waals surface area contributed by atoms with E-state index in [4.69, 9.17) is 23.2 Å². The van der Waals surface area contributed by atoms with Gasteiger partial charge in [-0.3, -0.25) is 4.79 Å². The molecule has 1 heterocycles. The van der Waals surface area contributed by atoms with E-state index >= 15 is 0 Å². The van der Waals surface area contributed by atoms with E-state index in [1.54, 1.807) is 6.07 Å². The average molecular weight is 325 g/mol. The van der Waals surface area contributed by atoms with Crippen LogP contribution in [0.2, 0.25) is 10.2 Å². The molecule has 0 spiro atoms. The molecule has 0 atom stereocenters. The first-order chi connectivity index (χ1) is 10.0. The van der Waals surface area contributed by atoms with E-state index in [0.717, 1.165) is 37.0 Å². The van der Waals surface area contributed by atoms with Gasteiger partial charge in [-0.2, -0.15) is 0 Å². The SMILES string of the molecule is O=C(NC12CC3CC(CC(C3)C1)C2)c1cc(Cl)ncc1Cl. The Balaban J connectivity index is 1.58. The first kappa shape index (κ1) is 13.8. The maximum absolute atomic E-state index is 12.6. The number of nitrogens with one attached hydrogen (secondary N) is 1. The number of carbonyl (C=O) groups excluding carboxylic acids is 1. The number of carbonyl (C=O) groups is 1. The van der Waals surface area contributed by atoms with Gasteiger partial charge in [-0.15, -0.1) is 0 Å². The normalized spacial score (nSPS) is 36.8. The van der Waals surface area contributed by atoms with Gasteiger partial charge in [0.25, 0.3) is 5.91 Å². The van der Waals surface area contributed by atoms with Gasteiger partial charge in [0, 0.05) is 11.7 Å². The lowest BCUT2D eigenvalue weighted by Crippen LogP contribution is -2.59. The average Bonchev–Trinajstić information content (AvgIpc) is 2.39. The summed E-state index contributed by atoms with van der Waals surface area (Å²) in [7, 11) is 0. The molecule has 21 heavy (non-hydrogen) atoms. The fourth-order valence-corrected chi connectivity index (χ4v) is 5.51. The Morgan fingerprint density at radius 2 is 1.71 bits per heavy atom. The van der Waals surface area contributed by atoms with Gasteiger partial charge in [0.05, 0.1) is 10.6 Å². The van der Waals surface area contributed by atoms with Gasteiger partial charge in [0.2, 0.25) is 0 Å². The summed E-state index contributed by atoms with van der Waals surface area (Å²) >= 11 is 12.0. The zero-order valence-electron chi connectivity index (χ0n) is 11.7. The summed E-state index contributed by atoms with van der Waals surface area (Å²) in [6.07, 6.45) is 8.90. The molecule has 4 bridgehead atoms. The van der Waals surface area contributed by atoms with Crippen molar-refractivity contribution in [2.45, 2.75) is 44.1 Å². The van der Waals surface area contributed by atoms with Crippen LogP contribution >= 0.6 is 23.2 Å². The first-order valence-corrected chi connectivity index (χ1v) is 8.42. The number of hydrogen-bond donors (Lipinski definition) is 1. The van der Waals surface area contributed by atoms with Gasteiger partial charge < -0.3 is 5.32 Å². The van der Waals surface area contributed by atoms with Crippen molar-refractivity contribution >= 4 is 29.1 Å². The zero-order chi connectivity index (χ0) is 14.6.